The third-order valence-electron chi connectivity index (χ3n) is 0. The Balaban J connectivity index is -0.00000000500. The quantitative estimate of drug-likeness (QED) is 0.238. The molecule has 0 spiro atoms. The van der Waals surface area contributed by atoms with Crippen LogP contribution in [0, 0.1) is 11.8 Å². The monoisotopic (exact) mass is 123 g/mol. The molecule has 24 valence electrons. The second kappa shape index (κ2) is 73.3. The molecule has 0 saturated carbocycles. The number of hydrogen-bond donors (Lipinski definition) is 0. The van der Waals surface area contributed by atoms with Gasteiger partial charge in [-0.2, -0.15) is 0 Å². The Labute approximate surface area is 86.2 Å². The minimum Gasteiger partial charge on any atom is -0.769 e. The molecule has 0 rings (SSSR count). The van der Waals surface area contributed by atoms with Gasteiger partial charge >= 0.3 is 59.1 Å². The van der Waals surface area contributed by atoms with E-state index in [0.29, 0.717) is 0 Å². The average molecular weight is 123 g/mol. The van der Waals surface area contributed by atoms with Gasteiger partial charge in [0.25, 0.3) is 0 Å². The molecule has 2 nitrogen and oxygen atoms in total. The zero-order valence-corrected chi connectivity index (χ0v) is 8.49. The van der Waals surface area contributed by atoms with Crippen molar-refractivity contribution in [2.75, 3.05) is 0 Å². The van der Waals surface area contributed by atoms with Gasteiger partial charge in [0.2, 0.25) is 0 Å². The molecule has 0 aliphatic heterocycles. The fourth-order valence-electron chi connectivity index (χ4n) is 0. The van der Waals surface area contributed by atoms with Gasteiger partial charge in [0.05, 0.1) is 0 Å². The minimum atomic E-state index is 0. The molecule has 0 atom stereocenters. The normalized spacial score (nSPS) is 1.33. The standard InChI is InChI=1S/CN.ClO.2Na/c2*1-2;;/q2*-1;2*+1. The molecule has 0 aliphatic rings. The summed E-state index contributed by atoms with van der Waals surface area (Å²) < 4.78 is 7.72. The van der Waals surface area contributed by atoms with Gasteiger partial charge in [-0.05, 0) is 0 Å². The van der Waals surface area contributed by atoms with Crippen molar-refractivity contribution in [2.24, 2.45) is 0 Å². The molecule has 0 aromatic heterocycles. The zero-order chi connectivity index (χ0) is 4.00. The van der Waals surface area contributed by atoms with Crippen molar-refractivity contribution in [3.8, 4) is 0 Å². The van der Waals surface area contributed by atoms with E-state index in [0.717, 1.165) is 0 Å². The van der Waals surface area contributed by atoms with Gasteiger partial charge < -0.3 is 16.5 Å². The van der Waals surface area contributed by atoms with Crippen LogP contribution in [-0.4, -0.2) is 0 Å². The molecule has 0 bridgehead atoms. The largest absolute Gasteiger partial charge is 1.00 e. The third-order valence-corrected chi connectivity index (χ3v) is 0. The van der Waals surface area contributed by atoms with E-state index in [4.69, 9.17) is 16.5 Å². The fourth-order valence-corrected chi connectivity index (χ4v) is 0. The van der Waals surface area contributed by atoms with Crippen LogP contribution in [0.3, 0.4) is 0 Å². The Morgan fingerprint density at radius 2 is 1.17 bits per heavy atom. The first-order valence-electron chi connectivity index (χ1n) is 0.378. The molecule has 0 fully saturated rings. The van der Waals surface area contributed by atoms with E-state index in [9.17, 15) is 0 Å². The molecule has 5 heteroatoms. The maximum atomic E-state index is 7.72. The molecular weight excluding hydrogens is 123 g/mol. The Kier molecular flexibility index (Phi) is 307. The molecule has 0 heterocycles. The van der Waals surface area contributed by atoms with E-state index in [1.807, 2.05) is 0 Å². The Morgan fingerprint density at radius 3 is 1.17 bits per heavy atom. The number of rotatable bonds is 0. The predicted octanol–water partition coefficient (Wildman–Crippen LogP) is -6.40. The summed E-state index contributed by atoms with van der Waals surface area (Å²) in [7, 11) is 0. The topological polar surface area (TPSA) is 46.8 Å². The summed E-state index contributed by atoms with van der Waals surface area (Å²) in [4.78, 5) is 0. The van der Waals surface area contributed by atoms with Crippen molar-refractivity contribution in [1.82, 2.24) is 0 Å². The Morgan fingerprint density at radius 1 is 1.17 bits per heavy atom. The SMILES string of the molecule is [C-]#N.[Na+].[Na+].[O-]Cl. The zero-order valence-electron chi connectivity index (χ0n) is 3.73. The summed E-state index contributed by atoms with van der Waals surface area (Å²) in [5, 5.41) is 6.25. The molecule has 0 saturated heterocycles. The van der Waals surface area contributed by atoms with E-state index in [1.54, 1.807) is 0 Å². The molecule has 0 aliphatic carbocycles. The molecule has 0 aromatic carbocycles. The van der Waals surface area contributed by atoms with Crippen LogP contribution in [0.4, 0.5) is 0 Å². The minimum absolute atomic E-state index is 0. The summed E-state index contributed by atoms with van der Waals surface area (Å²) in [5.41, 5.74) is 0. The van der Waals surface area contributed by atoms with Gasteiger partial charge in [-0.1, -0.05) is 0 Å². The van der Waals surface area contributed by atoms with Crippen molar-refractivity contribution >= 4 is 11.9 Å². The number of nitrogens with zero attached hydrogens (tertiary/aromatic N) is 1. The van der Waals surface area contributed by atoms with Crippen molar-refractivity contribution in [3.63, 3.8) is 0 Å². The summed E-state index contributed by atoms with van der Waals surface area (Å²) in [6.45, 7) is 4.75. The first-order chi connectivity index (χ1) is 2.00. The van der Waals surface area contributed by atoms with E-state index in [-0.39, 0.29) is 59.1 Å². The summed E-state index contributed by atoms with van der Waals surface area (Å²) >= 11 is 3.39. The van der Waals surface area contributed by atoms with Crippen molar-refractivity contribution < 1.29 is 63.8 Å². The fraction of sp³-hybridized carbons (Fsp3) is 0. The molecule has 0 amide bonds. The van der Waals surface area contributed by atoms with Crippen LogP contribution in [0.15, 0.2) is 0 Å². The van der Waals surface area contributed by atoms with E-state index >= 15 is 0 Å². The first-order valence-corrected chi connectivity index (χ1v) is 0.687. The maximum absolute atomic E-state index is 7.72. The predicted molar refractivity (Wildman–Crippen MR) is 10.8 cm³/mol. The van der Waals surface area contributed by atoms with Gasteiger partial charge in [-0.25, -0.2) is 11.9 Å². The van der Waals surface area contributed by atoms with E-state index in [1.165, 1.54) is 0 Å². The van der Waals surface area contributed by atoms with Gasteiger partial charge in [-0.3, -0.25) is 0 Å². The molecule has 0 aromatic rings. The van der Waals surface area contributed by atoms with Crippen LogP contribution in [0.5, 0.6) is 0 Å². The number of hydrogen-bond acceptors (Lipinski definition) is 2. The van der Waals surface area contributed by atoms with Gasteiger partial charge in [0, 0.05) is 0 Å². The smallest absolute Gasteiger partial charge is 0.769 e. The average Bonchev–Trinajstić information content (AvgIpc) is 1.50. The third kappa shape index (κ3) is 42.6. The van der Waals surface area contributed by atoms with Crippen LogP contribution in [0.1, 0.15) is 0 Å². The second-order valence-corrected chi connectivity index (χ2v) is 0. The van der Waals surface area contributed by atoms with Gasteiger partial charge in [0.15, 0.2) is 0 Å². The maximum Gasteiger partial charge on any atom is 1.00 e. The van der Waals surface area contributed by atoms with Crippen molar-refractivity contribution in [3.05, 3.63) is 6.57 Å². The van der Waals surface area contributed by atoms with Crippen LogP contribution in [0.25, 0.3) is 0 Å². The Hall–Kier alpha value is 1.74. The van der Waals surface area contributed by atoms with Gasteiger partial charge in [-0.15, -0.1) is 0 Å². The molecular formula is CClNNa2O. The van der Waals surface area contributed by atoms with Crippen LogP contribution >= 0.6 is 11.9 Å². The summed E-state index contributed by atoms with van der Waals surface area (Å²) in [5.74, 6) is 0. The van der Waals surface area contributed by atoms with Crippen molar-refractivity contribution in [2.45, 2.75) is 0 Å². The summed E-state index contributed by atoms with van der Waals surface area (Å²) in [6.07, 6.45) is 0. The van der Waals surface area contributed by atoms with Gasteiger partial charge in [0.1, 0.15) is 0 Å². The Bertz CT molecular complexity index is 18.3. The van der Waals surface area contributed by atoms with Crippen LogP contribution < -0.4 is 63.8 Å². The van der Waals surface area contributed by atoms with E-state index in [2.05, 4.69) is 11.9 Å². The van der Waals surface area contributed by atoms with Crippen molar-refractivity contribution in [1.29, 1.82) is 5.26 Å². The molecule has 0 N–H and O–H groups in total. The molecule has 0 unspecified atom stereocenters. The molecule has 0 radical (unpaired) electrons. The summed E-state index contributed by atoms with van der Waals surface area (Å²) in [6, 6.07) is 0. The molecule has 6 heavy (non-hydrogen) atoms. The first kappa shape index (κ1) is 25.1. The van der Waals surface area contributed by atoms with Crippen LogP contribution in [-0.2, 0) is 0 Å². The van der Waals surface area contributed by atoms with E-state index < -0.39 is 0 Å². The van der Waals surface area contributed by atoms with Crippen LogP contribution in [0.2, 0.25) is 0 Å². The number of halogens is 1. The second-order valence-electron chi connectivity index (χ2n) is 0.